The molecule has 100 valence electrons. The van der Waals surface area contributed by atoms with Crippen LogP contribution in [0.15, 0.2) is 18.3 Å². The highest BCUT2D eigenvalue weighted by Crippen LogP contribution is 2.33. The van der Waals surface area contributed by atoms with Gasteiger partial charge in [0, 0.05) is 30.4 Å². The lowest BCUT2D eigenvalue weighted by Gasteiger charge is -2.34. The molecule has 0 saturated carbocycles. The molecule has 1 fully saturated rings. The molecule has 0 amide bonds. The predicted octanol–water partition coefficient (Wildman–Crippen LogP) is 2.96. The van der Waals surface area contributed by atoms with Crippen LogP contribution in [0.5, 0.6) is 0 Å². The maximum absolute atomic E-state index is 4.62. The Balaban J connectivity index is 2.16. The number of hydrogen-bond donors (Lipinski definition) is 1. The Bertz CT molecular complexity index is 387. The van der Waals surface area contributed by atoms with E-state index in [0.717, 1.165) is 19.6 Å². The van der Waals surface area contributed by atoms with Crippen molar-refractivity contribution in [1.29, 1.82) is 0 Å². The molecule has 0 radical (unpaired) electrons. The quantitative estimate of drug-likeness (QED) is 0.811. The average Bonchev–Trinajstić information content (AvgIpc) is 2.70. The van der Waals surface area contributed by atoms with Crippen molar-refractivity contribution < 1.29 is 0 Å². The van der Waals surface area contributed by atoms with Gasteiger partial charge in [0.15, 0.2) is 0 Å². The van der Waals surface area contributed by atoms with E-state index < -0.39 is 0 Å². The summed E-state index contributed by atoms with van der Waals surface area (Å²) in [6.45, 7) is 9.95. The highest BCUT2D eigenvalue weighted by atomic mass is 15.3. The Labute approximate surface area is 111 Å². The molecule has 0 aromatic carbocycles. The van der Waals surface area contributed by atoms with E-state index in [0.29, 0.717) is 0 Å². The van der Waals surface area contributed by atoms with Gasteiger partial charge >= 0.3 is 0 Å². The summed E-state index contributed by atoms with van der Waals surface area (Å²) in [4.78, 5) is 7.09. The van der Waals surface area contributed by atoms with Crippen molar-refractivity contribution in [2.45, 2.75) is 52.1 Å². The maximum atomic E-state index is 4.62. The smallest absolute Gasteiger partial charge is 0.133 e. The third-order valence-corrected chi connectivity index (χ3v) is 3.77. The van der Waals surface area contributed by atoms with Gasteiger partial charge in [0.25, 0.3) is 0 Å². The number of aromatic nitrogens is 1. The van der Waals surface area contributed by atoms with E-state index in [1.54, 1.807) is 0 Å². The summed E-state index contributed by atoms with van der Waals surface area (Å²) >= 11 is 0. The molecule has 18 heavy (non-hydrogen) atoms. The lowest BCUT2D eigenvalue weighted by atomic mass is 10.0. The topological polar surface area (TPSA) is 28.2 Å². The third kappa shape index (κ3) is 2.83. The molecule has 0 aliphatic carbocycles. The normalized spacial score (nSPS) is 18.3. The van der Waals surface area contributed by atoms with E-state index in [1.807, 2.05) is 12.3 Å². The molecule has 1 N–H and O–H groups in total. The highest BCUT2D eigenvalue weighted by molar-refractivity contribution is 5.50. The van der Waals surface area contributed by atoms with E-state index in [-0.39, 0.29) is 5.54 Å². The number of pyridine rings is 1. The molecular weight excluding hydrogens is 222 g/mol. The van der Waals surface area contributed by atoms with E-state index >= 15 is 0 Å². The molecule has 1 aliphatic rings. The lowest BCUT2D eigenvalue weighted by molar-refractivity contribution is 0.512. The van der Waals surface area contributed by atoms with Gasteiger partial charge in [0.1, 0.15) is 5.82 Å². The minimum Gasteiger partial charge on any atom is -0.351 e. The van der Waals surface area contributed by atoms with Crippen LogP contribution in [0.2, 0.25) is 0 Å². The van der Waals surface area contributed by atoms with Crippen molar-refractivity contribution in [3.8, 4) is 0 Å². The first kappa shape index (κ1) is 13.3. The molecule has 0 unspecified atom stereocenters. The molecular formula is C15H25N3. The molecule has 2 heterocycles. The lowest BCUT2D eigenvalue weighted by Crippen LogP contribution is -2.39. The molecule has 1 aromatic rings. The van der Waals surface area contributed by atoms with Crippen LogP contribution >= 0.6 is 0 Å². The van der Waals surface area contributed by atoms with E-state index in [2.05, 4.69) is 42.0 Å². The van der Waals surface area contributed by atoms with Gasteiger partial charge in [-0.15, -0.1) is 0 Å². The summed E-state index contributed by atoms with van der Waals surface area (Å²) in [6, 6.07) is 4.23. The van der Waals surface area contributed by atoms with Crippen LogP contribution in [0, 0.1) is 0 Å². The summed E-state index contributed by atoms with van der Waals surface area (Å²) in [5.74, 6) is 1.17. The van der Waals surface area contributed by atoms with Gasteiger partial charge in [-0.05, 0) is 45.7 Å². The fraction of sp³-hybridized carbons (Fsp3) is 0.667. The van der Waals surface area contributed by atoms with Crippen LogP contribution in [-0.4, -0.2) is 23.6 Å². The summed E-state index contributed by atoms with van der Waals surface area (Å²) < 4.78 is 0. The van der Waals surface area contributed by atoms with Gasteiger partial charge in [-0.2, -0.15) is 0 Å². The van der Waals surface area contributed by atoms with Crippen molar-refractivity contribution >= 4 is 5.82 Å². The minimum atomic E-state index is 0.244. The average molecular weight is 247 g/mol. The second-order valence-electron chi connectivity index (χ2n) is 5.73. The van der Waals surface area contributed by atoms with Gasteiger partial charge in [-0.25, -0.2) is 4.98 Å². The zero-order valence-electron chi connectivity index (χ0n) is 11.9. The number of nitrogens with one attached hydrogen (secondary N) is 1. The Morgan fingerprint density at radius 1 is 1.44 bits per heavy atom. The van der Waals surface area contributed by atoms with Crippen LogP contribution in [0.4, 0.5) is 5.82 Å². The Hall–Kier alpha value is -1.09. The van der Waals surface area contributed by atoms with E-state index in [9.17, 15) is 0 Å². The Kier molecular flexibility index (Phi) is 4.23. The molecule has 0 bridgehead atoms. The summed E-state index contributed by atoms with van der Waals surface area (Å²) in [5, 5.41) is 3.48. The monoisotopic (exact) mass is 247 g/mol. The van der Waals surface area contributed by atoms with Gasteiger partial charge in [-0.3, -0.25) is 0 Å². The summed E-state index contributed by atoms with van der Waals surface area (Å²) in [7, 11) is 0. The van der Waals surface area contributed by atoms with Crippen LogP contribution in [-0.2, 0) is 6.54 Å². The van der Waals surface area contributed by atoms with E-state index in [4.69, 9.17) is 0 Å². The van der Waals surface area contributed by atoms with E-state index in [1.165, 1.54) is 30.6 Å². The first-order valence-electron chi connectivity index (χ1n) is 7.07. The minimum absolute atomic E-state index is 0.244. The molecule has 2 rings (SSSR count). The fourth-order valence-electron chi connectivity index (χ4n) is 2.71. The summed E-state index contributed by atoms with van der Waals surface area (Å²) in [6.07, 6.45) is 5.61. The number of rotatable bonds is 5. The fourth-order valence-corrected chi connectivity index (χ4v) is 2.71. The molecule has 0 atom stereocenters. The largest absolute Gasteiger partial charge is 0.351 e. The number of hydrogen-bond acceptors (Lipinski definition) is 3. The van der Waals surface area contributed by atoms with Gasteiger partial charge in [0.05, 0.1) is 0 Å². The maximum Gasteiger partial charge on any atom is 0.133 e. The zero-order chi connectivity index (χ0) is 13.0. The first-order valence-corrected chi connectivity index (χ1v) is 7.07. The van der Waals surface area contributed by atoms with Crippen molar-refractivity contribution in [3.05, 3.63) is 23.9 Å². The van der Waals surface area contributed by atoms with Crippen LogP contribution in [0.1, 0.15) is 45.6 Å². The molecule has 1 saturated heterocycles. The molecule has 0 spiro atoms. The van der Waals surface area contributed by atoms with Gasteiger partial charge in [0.2, 0.25) is 0 Å². The number of nitrogens with zero attached hydrogens (tertiary/aromatic N) is 2. The molecule has 1 aliphatic heterocycles. The highest BCUT2D eigenvalue weighted by Gasteiger charge is 2.33. The predicted molar refractivity (Wildman–Crippen MR) is 76.9 cm³/mol. The van der Waals surface area contributed by atoms with Crippen molar-refractivity contribution in [3.63, 3.8) is 0 Å². The van der Waals surface area contributed by atoms with Crippen molar-refractivity contribution in [2.24, 2.45) is 0 Å². The van der Waals surface area contributed by atoms with Crippen molar-refractivity contribution in [2.75, 3.05) is 18.0 Å². The first-order chi connectivity index (χ1) is 8.65. The van der Waals surface area contributed by atoms with Crippen LogP contribution < -0.4 is 10.2 Å². The van der Waals surface area contributed by atoms with Gasteiger partial charge < -0.3 is 10.2 Å². The third-order valence-electron chi connectivity index (χ3n) is 3.77. The van der Waals surface area contributed by atoms with Crippen LogP contribution in [0.3, 0.4) is 0 Å². The molecule has 1 aromatic heterocycles. The Morgan fingerprint density at radius 2 is 2.28 bits per heavy atom. The summed E-state index contributed by atoms with van der Waals surface area (Å²) in [5.41, 5.74) is 1.56. The van der Waals surface area contributed by atoms with Crippen molar-refractivity contribution in [1.82, 2.24) is 10.3 Å². The molecule has 3 heteroatoms. The second-order valence-corrected chi connectivity index (χ2v) is 5.73. The zero-order valence-corrected chi connectivity index (χ0v) is 11.9. The second kappa shape index (κ2) is 5.70. The number of anilines is 1. The van der Waals surface area contributed by atoms with Crippen LogP contribution in [0.25, 0.3) is 0 Å². The SMILES string of the molecule is CCCNCc1cccnc1N1CCCC1(C)C. The standard InChI is InChI=1S/C15H25N3/c1-4-9-16-12-13-7-5-10-17-14(13)18-11-6-8-15(18,2)3/h5,7,10,16H,4,6,8-9,11-12H2,1-3H3. The molecule has 3 nitrogen and oxygen atoms in total. The Morgan fingerprint density at radius 3 is 2.94 bits per heavy atom. The van der Waals surface area contributed by atoms with Gasteiger partial charge in [-0.1, -0.05) is 13.0 Å².